The first-order valence-electron chi connectivity index (χ1n) is 5.09. The summed E-state index contributed by atoms with van der Waals surface area (Å²) in [6, 6.07) is -0.114. The highest BCUT2D eigenvalue weighted by Crippen LogP contribution is 2.24. The van der Waals surface area contributed by atoms with Gasteiger partial charge in [0.2, 0.25) is 5.91 Å². The Kier molecular flexibility index (Phi) is 4.59. The van der Waals surface area contributed by atoms with Crippen molar-refractivity contribution in [3.8, 4) is 0 Å². The first-order chi connectivity index (χ1) is 6.21. The fraction of sp³-hybridized carbons (Fsp3) is 0.909. The number of likely N-dealkylation sites (N-methyl/N-ethyl adjacent to an activating group) is 1. The van der Waals surface area contributed by atoms with Crippen molar-refractivity contribution in [3.63, 3.8) is 0 Å². The van der Waals surface area contributed by atoms with Gasteiger partial charge in [-0.15, -0.1) is 0 Å². The van der Waals surface area contributed by atoms with Gasteiger partial charge in [0.1, 0.15) is 0 Å². The van der Waals surface area contributed by atoms with Crippen molar-refractivity contribution >= 4 is 5.91 Å². The van der Waals surface area contributed by atoms with Crippen molar-refractivity contribution in [3.05, 3.63) is 0 Å². The Hall–Kier alpha value is -0.570. The second kappa shape index (κ2) is 4.78. The van der Waals surface area contributed by atoms with Crippen molar-refractivity contribution in [2.45, 2.75) is 40.7 Å². The van der Waals surface area contributed by atoms with Crippen molar-refractivity contribution in [1.29, 1.82) is 0 Å². The van der Waals surface area contributed by atoms with E-state index in [4.69, 9.17) is 0 Å². The maximum Gasteiger partial charge on any atom is 0.225 e. The molecule has 0 saturated carbocycles. The van der Waals surface area contributed by atoms with Crippen LogP contribution in [0.3, 0.4) is 0 Å². The van der Waals surface area contributed by atoms with Crippen molar-refractivity contribution in [1.82, 2.24) is 4.90 Å². The highest BCUT2D eigenvalue weighted by atomic mass is 16.3. The molecule has 0 bridgehead atoms. The highest BCUT2D eigenvalue weighted by Gasteiger charge is 2.31. The number of aliphatic hydroxyl groups excluding tert-OH is 1. The summed E-state index contributed by atoms with van der Waals surface area (Å²) in [5.74, 6) is 0.0652. The second-order valence-electron chi connectivity index (χ2n) is 5.17. The van der Waals surface area contributed by atoms with Gasteiger partial charge in [0.05, 0.1) is 12.6 Å². The highest BCUT2D eigenvalue weighted by molar-refractivity contribution is 5.78. The van der Waals surface area contributed by atoms with E-state index in [0.717, 1.165) is 0 Å². The second-order valence-corrected chi connectivity index (χ2v) is 5.17. The van der Waals surface area contributed by atoms with E-state index in [1.165, 1.54) is 0 Å². The summed E-state index contributed by atoms with van der Waals surface area (Å²) in [5, 5.41) is 9.27. The summed E-state index contributed by atoms with van der Waals surface area (Å²) >= 11 is 0. The summed E-state index contributed by atoms with van der Waals surface area (Å²) in [6.45, 7) is 9.83. The standard InChI is InChI=1S/C11H23NO2/c1-8(2)10(14)12(6)9(7-13)11(3,4)5/h8-9,13H,7H2,1-6H3/t9-/m1/s1. The maximum absolute atomic E-state index is 11.7. The van der Waals surface area contributed by atoms with E-state index < -0.39 is 0 Å². The van der Waals surface area contributed by atoms with Crippen LogP contribution in [-0.4, -0.2) is 35.6 Å². The number of amides is 1. The van der Waals surface area contributed by atoms with Gasteiger partial charge >= 0.3 is 0 Å². The van der Waals surface area contributed by atoms with E-state index >= 15 is 0 Å². The third-order valence-corrected chi connectivity index (χ3v) is 2.48. The van der Waals surface area contributed by atoms with Gasteiger partial charge in [0.15, 0.2) is 0 Å². The number of carbonyl (C=O) groups is 1. The molecule has 0 heterocycles. The summed E-state index contributed by atoms with van der Waals surface area (Å²) in [7, 11) is 1.76. The van der Waals surface area contributed by atoms with Gasteiger partial charge in [-0.25, -0.2) is 0 Å². The lowest BCUT2D eigenvalue weighted by Crippen LogP contribution is -2.48. The van der Waals surface area contributed by atoms with E-state index in [9.17, 15) is 9.90 Å². The lowest BCUT2D eigenvalue weighted by Gasteiger charge is -2.37. The Morgan fingerprint density at radius 2 is 1.79 bits per heavy atom. The molecule has 0 aromatic heterocycles. The molecule has 0 unspecified atom stereocenters. The molecule has 1 amide bonds. The molecule has 0 saturated heterocycles. The molecule has 0 radical (unpaired) electrons. The minimum atomic E-state index is -0.114. The number of aliphatic hydroxyl groups is 1. The molecule has 0 aliphatic rings. The van der Waals surface area contributed by atoms with Gasteiger partial charge < -0.3 is 10.0 Å². The Bertz CT molecular complexity index is 194. The number of carbonyl (C=O) groups excluding carboxylic acids is 1. The van der Waals surface area contributed by atoms with E-state index in [2.05, 4.69) is 0 Å². The van der Waals surface area contributed by atoms with Gasteiger partial charge in [0, 0.05) is 13.0 Å². The Morgan fingerprint density at radius 1 is 1.36 bits per heavy atom. The van der Waals surface area contributed by atoms with Crippen LogP contribution in [0.5, 0.6) is 0 Å². The van der Waals surface area contributed by atoms with Crippen LogP contribution in [0.2, 0.25) is 0 Å². The third-order valence-electron chi connectivity index (χ3n) is 2.48. The molecule has 3 heteroatoms. The average molecular weight is 201 g/mol. The summed E-state index contributed by atoms with van der Waals surface area (Å²) in [4.78, 5) is 13.4. The maximum atomic E-state index is 11.7. The number of rotatable bonds is 3. The van der Waals surface area contributed by atoms with Crippen molar-refractivity contribution in [2.24, 2.45) is 11.3 Å². The van der Waals surface area contributed by atoms with Crippen LogP contribution in [-0.2, 0) is 4.79 Å². The molecule has 0 rings (SSSR count). The summed E-state index contributed by atoms with van der Waals surface area (Å²) in [6.07, 6.45) is 0. The van der Waals surface area contributed by atoms with Crippen molar-refractivity contribution in [2.75, 3.05) is 13.7 Å². The molecule has 0 fully saturated rings. The third kappa shape index (κ3) is 3.29. The van der Waals surface area contributed by atoms with Crippen LogP contribution in [0, 0.1) is 11.3 Å². The summed E-state index contributed by atoms with van der Waals surface area (Å²) < 4.78 is 0. The minimum absolute atomic E-state index is 0.0124. The lowest BCUT2D eigenvalue weighted by molar-refractivity contribution is -0.138. The molecule has 1 atom stereocenters. The SMILES string of the molecule is CC(C)C(=O)N(C)[C@H](CO)C(C)(C)C. The van der Waals surface area contributed by atoms with E-state index in [1.54, 1.807) is 11.9 Å². The molecule has 0 spiro atoms. The first-order valence-corrected chi connectivity index (χ1v) is 5.09. The fourth-order valence-electron chi connectivity index (χ4n) is 1.54. The smallest absolute Gasteiger partial charge is 0.225 e. The van der Waals surface area contributed by atoms with Gasteiger partial charge in [-0.05, 0) is 5.41 Å². The van der Waals surface area contributed by atoms with Gasteiger partial charge in [0.25, 0.3) is 0 Å². The molecular formula is C11H23NO2. The molecule has 0 aliphatic heterocycles. The van der Waals surface area contributed by atoms with E-state index in [-0.39, 0.29) is 29.9 Å². The molecule has 1 N–H and O–H groups in total. The van der Waals surface area contributed by atoms with Crippen LogP contribution in [0.15, 0.2) is 0 Å². The predicted octanol–water partition coefficient (Wildman–Crippen LogP) is 1.51. The first kappa shape index (κ1) is 13.4. The number of hydrogen-bond donors (Lipinski definition) is 1. The topological polar surface area (TPSA) is 40.5 Å². The van der Waals surface area contributed by atoms with Crippen molar-refractivity contribution < 1.29 is 9.90 Å². The Balaban J connectivity index is 4.63. The molecule has 84 valence electrons. The van der Waals surface area contributed by atoms with E-state index in [0.29, 0.717) is 0 Å². The van der Waals surface area contributed by atoms with Crippen LogP contribution in [0.25, 0.3) is 0 Å². The molecule has 0 aromatic rings. The Labute approximate surface area is 87.1 Å². The van der Waals surface area contributed by atoms with Gasteiger partial charge in [-0.2, -0.15) is 0 Å². The molecular weight excluding hydrogens is 178 g/mol. The fourth-order valence-corrected chi connectivity index (χ4v) is 1.54. The quantitative estimate of drug-likeness (QED) is 0.752. The zero-order valence-electron chi connectivity index (χ0n) is 10.2. The molecule has 0 aromatic carbocycles. The largest absolute Gasteiger partial charge is 0.394 e. The van der Waals surface area contributed by atoms with Gasteiger partial charge in [-0.3, -0.25) is 4.79 Å². The molecule has 0 aliphatic carbocycles. The van der Waals surface area contributed by atoms with Crippen LogP contribution in [0.4, 0.5) is 0 Å². The molecule has 14 heavy (non-hydrogen) atoms. The number of nitrogens with zero attached hydrogens (tertiary/aromatic N) is 1. The zero-order valence-corrected chi connectivity index (χ0v) is 10.2. The van der Waals surface area contributed by atoms with Gasteiger partial charge in [-0.1, -0.05) is 34.6 Å². The van der Waals surface area contributed by atoms with Crippen LogP contribution < -0.4 is 0 Å². The monoisotopic (exact) mass is 201 g/mol. The number of hydrogen-bond acceptors (Lipinski definition) is 2. The lowest BCUT2D eigenvalue weighted by atomic mass is 9.86. The summed E-state index contributed by atoms with van der Waals surface area (Å²) in [5.41, 5.74) is -0.0892. The normalized spacial score (nSPS) is 14.3. The van der Waals surface area contributed by atoms with Crippen LogP contribution in [0.1, 0.15) is 34.6 Å². The van der Waals surface area contributed by atoms with Crippen LogP contribution >= 0.6 is 0 Å². The minimum Gasteiger partial charge on any atom is -0.394 e. The van der Waals surface area contributed by atoms with E-state index in [1.807, 2.05) is 34.6 Å². The molecule has 3 nitrogen and oxygen atoms in total. The Morgan fingerprint density at radius 3 is 2.00 bits per heavy atom. The predicted molar refractivity (Wildman–Crippen MR) is 57.9 cm³/mol. The average Bonchev–Trinajstić information content (AvgIpc) is 2.01. The zero-order chi connectivity index (χ0) is 11.5.